The molecule has 0 radical (unpaired) electrons. The maximum Gasteiger partial charge on any atom is 0.157 e. The lowest BCUT2D eigenvalue weighted by Gasteiger charge is -2.42. The highest BCUT2D eigenvalue weighted by molar-refractivity contribution is 5.70. The summed E-state index contributed by atoms with van der Waals surface area (Å²) in [4.78, 5) is 0. The lowest BCUT2D eigenvalue weighted by molar-refractivity contribution is 0.000360. The van der Waals surface area contributed by atoms with Crippen LogP contribution in [0.4, 0.5) is 0 Å². The second-order valence-corrected chi connectivity index (χ2v) is 15.3. The minimum Gasteiger partial charge on any atom is -0.508 e. The van der Waals surface area contributed by atoms with Gasteiger partial charge in [0, 0.05) is 58.2 Å². The Labute approximate surface area is 345 Å². The van der Waals surface area contributed by atoms with Gasteiger partial charge in [0.15, 0.2) is 46.7 Å². The Bertz CT molecular complexity index is 2730. The van der Waals surface area contributed by atoms with Crippen LogP contribution in [0.5, 0.6) is 74.7 Å². The molecule has 0 aliphatic carbocycles. The van der Waals surface area contributed by atoms with Gasteiger partial charge in [-0.1, -0.05) is 30.3 Å². The number of phenolic OH excluding ortho intramolecular Hbond substituents is 10. The van der Waals surface area contributed by atoms with Gasteiger partial charge in [0.2, 0.25) is 0 Å². The fraction of sp³-hybridized carbons (Fsp3) is 0.200. The molecule has 0 spiro atoms. The molecule has 0 amide bonds. The van der Waals surface area contributed by atoms with Crippen molar-refractivity contribution in [3.63, 3.8) is 0 Å². The lowest BCUT2D eigenvalue weighted by Crippen LogP contribution is -2.38. The van der Waals surface area contributed by atoms with Crippen LogP contribution in [0.2, 0.25) is 0 Å². The van der Waals surface area contributed by atoms with E-state index in [0.717, 1.165) is 12.1 Å². The van der Waals surface area contributed by atoms with E-state index < -0.39 is 94.5 Å². The molecule has 3 heterocycles. The van der Waals surface area contributed by atoms with E-state index in [2.05, 4.69) is 0 Å². The zero-order valence-corrected chi connectivity index (χ0v) is 31.5. The number of aliphatic hydroxyl groups is 3. The molecule has 61 heavy (non-hydrogen) atoms. The molecule has 13 N–H and O–H groups in total. The third-order valence-corrected chi connectivity index (χ3v) is 11.7. The van der Waals surface area contributed by atoms with Crippen molar-refractivity contribution in [2.75, 3.05) is 0 Å². The molecule has 16 nitrogen and oxygen atoms in total. The molecular formula is C45H38O16. The van der Waals surface area contributed by atoms with Crippen molar-refractivity contribution in [1.29, 1.82) is 0 Å². The Kier molecular flexibility index (Phi) is 9.23. The normalized spacial score (nSPS) is 24.0. The maximum atomic E-state index is 12.9. The summed E-state index contributed by atoms with van der Waals surface area (Å²) >= 11 is 0. The van der Waals surface area contributed by atoms with Gasteiger partial charge in [0.1, 0.15) is 58.6 Å². The molecule has 3 aliphatic rings. The first-order chi connectivity index (χ1) is 29.1. The van der Waals surface area contributed by atoms with Crippen molar-refractivity contribution >= 4 is 0 Å². The van der Waals surface area contributed by atoms with E-state index in [0.29, 0.717) is 0 Å². The van der Waals surface area contributed by atoms with Crippen molar-refractivity contribution in [2.45, 2.75) is 54.9 Å². The van der Waals surface area contributed by atoms with Crippen LogP contribution in [0.1, 0.15) is 74.7 Å². The van der Waals surface area contributed by atoms with Gasteiger partial charge in [0.05, 0.1) is 6.10 Å². The number of rotatable bonds is 5. The second-order valence-electron chi connectivity index (χ2n) is 15.3. The first-order valence-corrected chi connectivity index (χ1v) is 19.0. The van der Waals surface area contributed by atoms with Crippen LogP contribution in [0.25, 0.3) is 0 Å². The summed E-state index contributed by atoms with van der Waals surface area (Å²) in [5.74, 6) is -7.77. The Morgan fingerprint density at radius 2 is 0.836 bits per heavy atom. The van der Waals surface area contributed by atoms with Crippen LogP contribution in [-0.4, -0.2) is 84.7 Å². The maximum absolute atomic E-state index is 12.9. The number of aliphatic hydroxyl groups excluding tert-OH is 3. The van der Waals surface area contributed by atoms with Crippen molar-refractivity contribution < 1.29 is 80.6 Å². The summed E-state index contributed by atoms with van der Waals surface area (Å²) in [6.07, 6.45) is -9.21. The third kappa shape index (κ3) is 6.35. The average Bonchev–Trinajstić information content (AvgIpc) is 3.22. The molecule has 8 unspecified atom stereocenters. The molecular weight excluding hydrogens is 796 g/mol. The Hall–Kier alpha value is -7.40. The molecule has 0 saturated carbocycles. The number of hydrogen-bond acceptors (Lipinski definition) is 16. The highest BCUT2D eigenvalue weighted by Crippen LogP contribution is 2.60. The minimum absolute atomic E-state index is 0.00791. The highest BCUT2D eigenvalue weighted by Gasteiger charge is 2.49. The molecule has 0 bridgehead atoms. The summed E-state index contributed by atoms with van der Waals surface area (Å²) in [5.41, 5.74) is 0.295. The van der Waals surface area contributed by atoms with E-state index in [1.807, 2.05) is 0 Å². The average molecular weight is 835 g/mol. The molecule has 0 fully saturated rings. The fourth-order valence-electron chi connectivity index (χ4n) is 8.75. The Morgan fingerprint density at radius 3 is 1.28 bits per heavy atom. The largest absolute Gasteiger partial charge is 0.508 e. The van der Waals surface area contributed by atoms with E-state index >= 15 is 0 Å². The molecule has 8 atom stereocenters. The standard InChI is InChI=1S/C45H38O16/c46-20-4-6-22-32(14-20)59-43(18-2-9-26(49)29(52)12-18)40(57)34(22)36-38(55)24-16-31(54)42(17-1-8-25(48)28(51)11-17)61-45(24)37(39(36)56)35-23-7-5-21(47)15-33(23)60-44(41(35)58)19-3-10-27(50)30(53)13-19/h1-15,31,34-35,40-44,46-58H,16H2. The van der Waals surface area contributed by atoms with E-state index in [4.69, 9.17) is 14.2 Å². The van der Waals surface area contributed by atoms with Gasteiger partial charge in [-0.2, -0.15) is 0 Å². The van der Waals surface area contributed by atoms with Gasteiger partial charge < -0.3 is 80.6 Å². The van der Waals surface area contributed by atoms with Crippen LogP contribution in [0.15, 0.2) is 91.0 Å². The first kappa shape index (κ1) is 39.1. The first-order valence-electron chi connectivity index (χ1n) is 19.0. The van der Waals surface area contributed by atoms with E-state index in [9.17, 15) is 66.4 Å². The van der Waals surface area contributed by atoms with Crippen LogP contribution in [0, 0.1) is 0 Å². The topological polar surface area (TPSA) is 291 Å². The number of ether oxygens (including phenoxy) is 3. The molecule has 6 aromatic rings. The number of phenols is 10. The zero-order valence-electron chi connectivity index (χ0n) is 31.5. The number of benzene rings is 6. The Balaban J connectivity index is 1.31. The van der Waals surface area contributed by atoms with E-state index in [1.165, 1.54) is 78.9 Å². The summed E-state index contributed by atoms with van der Waals surface area (Å²) in [6.45, 7) is 0. The molecule has 314 valence electrons. The van der Waals surface area contributed by atoms with E-state index in [1.54, 1.807) is 0 Å². The number of aromatic hydroxyl groups is 10. The van der Waals surface area contributed by atoms with Gasteiger partial charge in [-0.25, -0.2) is 0 Å². The smallest absolute Gasteiger partial charge is 0.157 e. The molecule has 9 rings (SSSR count). The molecule has 16 heteroatoms. The predicted octanol–water partition coefficient (Wildman–Crippen LogP) is 5.03. The quantitative estimate of drug-likeness (QED) is 0.101. The second kappa shape index (κ2) is 14.4. The van der Waals surface area contributed by atoms with Crippen LogP contribution in [-0.2, 0) is 6.42 Å². The van der Waals surface area contributed by atoms with Crippen molar-refractivity contribution in [2.24, 2.45) is 0 Å². The van der Waals surface area contributed by atoms with Gasteiger partial charge in [0.25, 0.3) is 0 Å². The van der Waals surface area contributed by atoms with Gasteiger partial charge >= 0.3 is 0 Å². The molecule has 0 saturated heterocycles. The lowest BCUT2D eigenvalue weighted by atomic mass is 9.73. The van der Waals surface area contributed by atoms with E-state index in [-0.39, 0.29) is 79.7 Å². The predicted molar refractivity (Wildman–Crippen MR) is 211 cm³/mol. The Morgan fingerprint density at radius 1 is 0.410 bits per heavy atom. The summed E-state index contributed by atoms with van der Waals surface area (Å²) in [7, 11) is 0. The summed E-state index contributed by atoms with van der Waals surface area (Å²) in [6, 6.07) is 19.2. The zero-order chi connectivity index (χ0) is 43.2. The monoisotopic (exact) mass is 834 g/mol. The van der Waals surface area contributed by atoms with Crippen molar-refractivity contribution in [3.05, 3.63) is 136 Å². The third-order valence-electron chi connectivity index (χ3n) is 11.7. The van der Waals surface area contributed by atoms with Gasteiger partial charge in [-0.15, -0.1) is 0 Å². The van der Waals surface area contributed by atoms with Crippen LogP contribution < -0.4 is 14.2 Å². The van der Waals surface area contributed by atoms with Crippen molar-refractivity contribution in [1.82, 2.24) is 0 Å². The number of hydrogen-bond donors (Lipinski definition) is 13. The van der Waals surface area contributed by atoms with Crippen LogP contribution in [0.3, 0.4) is 0 Å². The molecule has 6 aromatic carbocycles. The van der Waals surface area contributed by atoms with Gasteiger partial charge in [-0.05, 0) is 65.2 Å². The molecule has 3 aliphatic heterocycles. The highest BCUT2D eigenvalue weighted by atomic mass is 16.5. The fourth-order valence-corrected chi connectivity index (χ4v) is 8.75. The van der Waals surface area contributed by atoms with Crippen LogP contribution >= 0.6 is 0 Å². The number of fused-ring (bicyclic) bond motifs is 3. The van der Waals surface area contributed by atoms with Crippen molar-refractivity contribution in [3.8, 4) is 74.7 Å². The summed E-state index contributed by atoms with van der Waals surface area (Å²) < 4.78 is 18.9. The summed E-state index contributed by atoms with van der Waals surface area (Å²) in [5, 5.41) is 144. The molecule has 0 aromatic heterocycles. The SMILES string of the molecule is Oc1ccc2c(c1)OC(c1ccc(O)c(O)c1)C(O)C2c1c(O)c2c(c(C3c4ccc(O)cc4OC(c4ccc(O)c(O)c4)C3O)c1O)OC(c1ccc(O)c(O)c1)C(O)C2. The van der Waals surface area contributed by atoms with Gasteiger partial charge in [-0.3, -0.25) is 0 Å². The minimum atomic E-state index is -1.69.